The normalized spacial score (nSPS) is 25.5. The van der Waals surface area contributed by atoms with Crippen molar-refractivity contribution in [2.24, 2.45) is 0 Å². The Morgan fingerprint density at radius 2 is 1.57 bits per heavy atom. The highest BCUT2D eigenvalue weighted by atomic mass is 16.5. The van der Waals surface area contributed by atoms with Crippen LogP contribution in [-0.2, 0) is 19.1 Å². The SMILES string of the molecule is COC(=O)/C1=C(C(=O)OC)/C(N2CCCC2)=C\CCCCCC1. The Morgan fingerprint density at radius 1 is 0.913 bits per heavy atom. The van der Waals surface area contributed by atoms with E-state index in [0.717, 1.165) is 63.7 Å². The first kappa shape index (κ1) is 17.6. The van der Waals surface area contributed by atoms with E-state index in [4.69, 9.17) is 9.47 Å². The second-order valence-electron chi connectivity index (χ2n) is 6.07. The first-order valence-corrected chi connectivity index (χ1v) is 8.54. The summed E-state index contributed by atoms with van der Waals surface area (Å²) in [5.74, 6) is -0.861. The zero-order chi connectivity index (χ0) is 16.7. The summed E-state index contributed by atoms with van der Waals surface area (Å²) in [6.07, 6.45) is 10.00. The number of hydrogen-bond acceptors (Lipinski definition) is 5. The lowest BCUT2D eigenvalue weighted by molar-refractivity contribution is -0.139. The molecule has 0 bridgehead atoms. The van der Waals surface area contributed by atoms with Gasteiger partial charge in [0.15, 0.2) is 0 Å². The highest BCUT2D eigenvalue weighted by Crippen LogP contribution is 2.29. The smallest absolute Gasteiger partial charge is 0.340 e. The largest absolute Gasteiger partial charge is 0.466 e. The molecule has 5 heteroatoms. The lowest BCUT2D eigenvalue weighted by atomic mass is 9.95. The van der Waals surface area contributed by atoms with Crippen LogP contribution in [0.5, 0.6) is 0 Å². The molecule has 0 amide bonds. The summed E-state index contributed by atoms with van der Waals surface area (Å²) in [5, 5.41) is 0. The van der Waals surface area contributed by atoms with Gasteiger partial charge < -0.3 is 14.4 Å². The van der Waals surface area contributed by atoms with Crippen LogP contribution in [0.2, 0.25) is 0 Å². The van der Waals surface area contributed by atoms with E-state index in [9.17, 15) is 9.59 Å². The average Bonchev–Trinajstić information content (AvgIpc) is 3.11. The van der Waals surface area contributed by atoms with Gasteiger partial charge in [0.05, 0.1) is 25.4 Å². The molecule has 0 spiro atoms. The van der Waals surface area contributed by atoms with Crippen molar-refractivity contribution in [3.8, 4) is 0 Å². The molecule has 0 aromatic rings. The van der Waals surface area contributed by atoms with E-state index < -0.39 is 11.9 Å². The third-order valence-corrected chi connectivity index (χ3v) is 4.54. The number of hydrogen-bond donors (Lipinski definition) is 0. The number of nitrogens with zero attached hydrogens (tertiary/aromatic N) is 1. The van der Waals surface area contributed by atoms with E-state index >= 15 is 0 Å². The van der Waals surface area contributed by atoms with E-state index in [0.29, 0.717) is 17.6 Å². The van der Waals surface area contributed by atoms with Crippen LogP contribution in [0.1, 0.15) is 51.4 Å². The Bertz CT molecular complexity index is 501. The summed E-state index contributed by atoms with van der Waals surface area (Å²) in [4.78, 5) is 27.0. The molecule has 1 aliphatic heterocycles. The molecule has 0 saturated carbocycles. The number of likely N-dealkylation sites (tertiary alicyclic amines) is 1. The van der Waals surface area contributed by atoms with Gasteiger partial charge in [-0.15, -0.1) is 0 Å². The molecule has 2 rings (SSSR count). The van der Waals surface area contributed by atoms with Crippen molar-refractivity contribution >= 4 is 11.9 Å². The van der Waals surface area contributed by atoms with Gasteiger partial charge in [-0.05, 0) is 38.5 Å². The summed E-state index contributed by atoms with van der Waals surface area (Å²) >= 11 is 0. The molecular weight excluding hydrogens is 294 g/mol. The van der Waals surface area contributed by atoms with Crippen LogP contribution in [0.4, 0.5) is 0 Å². The quantitative estimate of drug-likeness (QED) is 0.748. The molecule has 0 aromatic heterocycles. The van der Waals surface area contributed by atoms with Gasteiger partial charge in [0.2, 0.25) is 0 Å². The van der Waals surface area contributed by atoms with Crippen molar-refractivity contribution in [2.75, 3.05) is 27.3 Å². The van der Waals surface area contributed by atoms with Gasteiger partial charge >= 0.3 is 11.9 Å². The number of rotatable bonds is 3. The molecule has 1 heterocycles. The minimum Gasteiger partial charge on any atom is -0.466 e. The molecule has 2 aliphatic rings. The highest BCUT2D eigenvalue weighted by Gasteiger charge is 2.29. The van der Waals surface area contributed by atoms with Crippen LogP contribution in [-0.4, -0.2) is 44.1 Å². The lowest BCUT2D eigenvalue weighted by Gasteiger charge is -2.25. The Kier molecular flexibility index (Phi) is 6.68. The first-order chi connectivity index (χ1) is 11.2. The summed E-state index contributed by atoms with van der Waals surface area (Å²) in [6, 6.07) is 0. The molecule has 128 valence electrons. The minimum atomic E-state index is -0.441. The number of esters is 2. The number of allylic oxidation sites excluding steroid dienone is 1. The van der Waals surface area contributed by atoms with Crippen molar-refractivity contribution < 1.29 is 19.1 Å². The van der Waals surface area contributed by atoms with Crippen molar-refractivity contribution in [1.82, 2.24) is 4.90 Å². The maximum Gasteiger partial charge on any atom is 0.340 e. The zero-order valence-electron chi connectivity index (χ0n) is 14.2. The Morgan fingerprint density at radius 3 is 2.22 bits per heavy atom. The Hall–Kier alpha value is -1.78. The maximum atomic E-state index is 12.5. The molecule has 1 fully saturated rings. The number of ether oxygens (including phenoxy) is 2. The van der Waals surface area contributed by atoms with Crippen LogP contribution in [0.25, 0.3) is 0 Å². The second-order valence-corrected chi connectivity index (χ2v) is 6.07. The Labute approximate surface area is 138 Å². The summed E-state index contributed by atoms with van der Waals surface area (Å²) < 4.78 is 9.94. The fourth-order valence-electron chi connectivity index (χ4n) is 3.32. The summed E-state index contributed by atoms with van der Waals surface area (Å²) in [5.41, 5.74) is 1.72. The first-order valence-electron chi connectivity index (χ1n) is 8.54. The van der Waals surface area contributed by atoms with Crippen LogP contribution in [0, 0.1) is 0 Å². The van der Waals surface area contributed by atoms with Crippen LogP contribution < -0.4 is 0 Å². The average molecular weight is 321 g/mol. The fourth-order valence-corrected chi connectivity index (χ4v) is 3.32. The van der Waals surface area contributed by atoms with Crippen LogP contribution in [0.15, 0.2) is 22.9 Å². The molecule has 1 saturated heterocycles. The van der Waals surface area contributed by atoms with E-state index in [1.807, 2.05) is 0 Å². The van der Waals surface area contributed by atoms with Crippen molar-refractivity contribution in [2.45, 2.75) is 51.4 Å². The summed E-state index contributed by atoms with van der Waals surface area (Å²) in [6.45, 7) is 1.83. The van der Waals surface area contributed by atoms with E-state index in [1.54, 1.807) is 0 Å². The molecule has 0 radical (unpaired) electrons. The third kappa shape index (κ3) is 4.36. The highest BCUT2D eigenvalue weighted by molar-refractivity contribution is 6.03. The van der Waals surface area contributed by atoms with Crippen LogP contribution in [0.3, 0.4) is 0 Å². The lowest BCUT2D eigenvalue weighted by Crippen LogP contribution is -2.26. The van der Waals surface area contributed by atoms with Gasteiger partial charge in [0, 0.05) is 18.8 Å². The molecule has 0 atom stereocenters. The molecule has 5 nitrogen and oxygen atoms in total. The third-order valence-electron chi connectivity index (χ3n) is 4.54. The monoisotopic (exact) mass is 321 g/mol. The number of carbonyl (C=O) groups excluding carboxylic acids is 2. The predicted octanol–water partition coefficient (Wildman–Crippen LogP) is 2.96. The second kappa shape index (κ2) is 8.75. The van der Waals surface area contributed by atoms with Crippen LogP contribution >= 0.6 is 0 Å². The van der Waals surface area contributed by atoms with Crippen molar-refractivity contribution in [1.29, 1.82) is 0 Å². The van der Waals surface area contributed by atoms with Gasteiger partial charge in [-0.1, -0.05) is 18.9 Å². The van der Waals surface area contributed by atoms with E-state index in [1.165, 1.54) is 14.2 Å². The van der Waals surface area contributed by atoms with Gasteiger partial charge in [0.1, 0.15) is 0 Å². The van der Waals surface area contributed by atoms with Gasteiger partial charge in [-0.25, -0.2) is 9.59 Å². The molecule has 23 heavy (non-hydrogen) atoms. The van der Waals surface area contributed by atoms with E-state index in [-0.39, 0.29) is 0 Å². The molecule has 0 unspecified atom stereocenters. The summed E-state index contributed by atoms with van der Waals surface area (Å²) in [7, 11) is 2.73. The number of carbonyl (C=O) groups is 2. The molecular formula is C18H27NO4. The maximum absolute atomic E-state index is 12.5. The fraction of sp³-hybridized carbons (Fsp3) is 0.667. The van der Waals surface area contributed by atoms with Crippen molar-refractivity contribution in [3.05, 3.63) is 22.9 Å². The Balaban J connectivity index is 2.52. The van der Waals surface area contributed by atoms with Gasteiger partial charge in [0.25, 0.3) is 0 Å². The van der Waals surface area contributed by atoms with Crippen molar-refractivity contribution in [3.63, 3.8) is 0 Å². The standard InChI is InChI=1S/C18H27NO4/c1-22-17(20)14-10-6-4-3-5-7-11-15(16(14)18(21)23-2)19-12-8-9-13-19/h11H,3-10,12-13H2,1-2H3/b15-11+,16-14-. The number of methoxy groups -OCH3 is 2. The molecule has 0 aromatic carbocycles. The predicted molar refractivity (Wildman–Crippen MR) is 87.7 cm³/mol. The molecule has 0 N–H and O–H groups in total. The minimum absolute atomic E-state index is 0.406. The topological polar surface area (TPSA) is 55.8 Å². The van der Waals surface area contributed by atoms with Gasteiger partial charge in [-0.2, -0.15) is 0 Å². The zero-order valence-corrected chi connectivity index (χ0v) is 14.2. The van der Waals surface area contributed by atoms with E-state index in [2.05, 4.69) is 11.0 Å². The van der Waals surface area contributed by atoms with Gasteiger partial charge in [-0.3, -0.25) is 0 Å². The molecule has 1 aliphatic carbocycles.